The number of aliphatic hydroxyl groups excluding tert-OH is 2. The van der Waals surface area contributed by atoms with Crippen LogP contribution in [-0.2, 0) is 30.0 Å². The molecule has 208 valence electrons. The summed E-state index contributed by atoms with van der Waals surface area (Å²) < 4.78 is 38.6. The number of ether oxygens (including phenoxy) is 2. The van der Waals surface area contributed by atoms with Crippen LogP contribution in [0.2, 0.25) is 0 Å². The summed E-state index contributed by atoms with van der Waals surface area (Å²) in [7, 11) is -3.75. The number of aromatic amines is 1. The fourth-order valence-corrected chi connectivity index (χ4v) is 5.84. The van der Waals surface area contributed by atoms with Gasteiger partial charge >= 0.3 is 11.7 Å². The minimum Gasteiger partial charge on any atom is -0.454 e. The van der Waals surface area contributed by atoms with E-state index in [1.165, 1.54) is 28.6 Å². The van der Waals surface area contributed by atoms with Crippen LogP contribution >= 0.6 is 0 Å². The maximum Gasteiger partial charge on any atom is 0.338 e. The molecule has 3 N–H and O–H groups in total. The minimum atomic E-state index is -3.75. The summed E-state index contributed by atoms with van der Waals surface area (Å²) in [6.07, 6.45) is -0.684. The molecule has 0 unspecified atom stereocenters. The number of carbonyl (C=O) groups excluding carboxylic acids is 2. The number of aromatic nitrogens is 2. The normalized spacial score (nSPS) is 21.5. The summed E-state index contributed by atoms with van der Waals surface area (Å²) in [4.78, 5) is 51.7. The zero-order valence-corrected chi connectivity index (χ0v) is 21.8. The van der Waals surface area contributed by atoms with Crippen molar-refractivity contribution < 1.29 is 37.7 Å². The number of esters is 1. The van der Waals surface area contributed by atoms with Crippen LogP contribution in [-0.4, -0.2) is 82.8 Å². The highest BCUT2D eigenvalue weighted by molar-refractivity contribution is 7.89. The number of rotatable bonds is 12. The molecule has 3 atom stereocenters. The second-order valence-electron chi connectivity index (χ2n) is 8.80. The Hall–Kier alpha value is -3.17. The molecule has 1 aliphatic rings. The first-order valence-electron chi connectivity index (χ1n) is 12.1. The van der Waals surface area contributed by atoms with E-state index in [2.05, 4.69) is 0 Å². The van der Waals surface area contributed by atoms with Crippen molar-refractivity contribution in [3.63, 3.8) is 0 Å². The highest BCUT2D eigenvalue weighted by Crippen LogP contribution is 2.35. The van der Waals surface area contributed by atoms with E-state index in [0.717, 1.165) is 16.8 Å². The first kappa shape index (κ1) is 29.4. The molecule has 0 aliphatic carbocycles. The maximum atomic E-state index is 13.2. The number of nitrogens with one attached hydrogen (secondary N) is 1. The molecule has 0 saturated carbocycles. The Balaban J connectivity index is 1.79. The van der Waals surface area contributed by atoms with E-state index in [1.807, 2.05) is 18.8 Å². The summed E-state index contributed by atoms with van der Waals surface area (Å²) in [5.41, 5.74) is -3.89. The zero-order chi connectivity index (χ0) is 28.1. The van der Waals surface area contributed by atoms with E-state index in [1.54, 1.807) is 0 Å². The summed E-state index contributed by atoms with van der Waals surface area (Å²) >= 11 is 0. The Morgan fingerprint density at radius 1 is 1.16 bits per heavy atom. The van der Waals surface area contributed by atoms with Gasteiger partial charge in [0, 0.05) is 31.8 Å². The van der Waals surface area contributed by atoms with Gasteiger partial charge < -0.3 is 19.7 Å². The highest BCUT2D eigenvalue weighted by atomic mass is 32.2. The van der Waals surface area contributed by atoms with Crippen LogP contribution < -0.4 is 11.2 Å². The van der Waals surface area contributed by atoms with Crippen LogP contribution in [0.4, 0.5) is 0 Å². The third kappa shape index (κ3) is 5.94. The van der Waals surface area contributed by atoms with Crippen molar-refractivity contribution in [2.45, 2.75) is 55.9 Å². The van der Waals surface area contributed by atoms with Crippen LogP contribution in [0.5, 0.6) is 0 Å². The van der Waals surface area contributed by atoms with Gasteiger partial charge in [0.1, 0.15) is 6.10 Å². The number of H-pyrrole nitrogens is 1. The lowest BCUT2D eigenvalue weighted by Crippen LogP contribution is -2.51. The Bertz CT molecular complexity index is 1360. The van der Waals surface area contributed by atoms with Gasteiger partial charge in [-0.15, -0.1) is 0 Å². The van der Waals surface area contributed by atoms with Crippen LogP contribution in [0, 0.1) is 0 Å². The van der Waals surface area contributed by atoms with Crippen molar-refractivity contribution in [3.8, 4) is 0 Å². The van der Waals surface area contributed by atoms with Crippen molar-refractivity contribution in [1.82, 2.24) is 13.9 Å². The molecule has 0 bridgehead atoms. The fraction of sp³-hybridized carbons (Fsp3) is 0.500. The molecule has 0 amide bonds. The smallest absolute Gasteiger partial charge is 0.338 e. The van der Waals surface area contributed by atoms with Crippen LogP contribution in [0.15, 0.2) is 51.0 Å². The van der Waals surface area contributed by atoms with Crippen molar-refractivity contribution in [2.75, 3.05) is 26.3 Å². The number of carbonyl (C=O) groups is 2. The third-order valence-electron chi connectivity index (χ3n) is 6.10. The standard InChI is InChI=1S/C24H31N3O10S/c1-3-10-26(11-4-2)38(34,35)17-7-5-16(6-8-17)22(32)36-15-20(30)24(13-18(29)19(14-28)37-24)27-12-9-21(31)25-23(27)33/h5-9,12,18-19,28-29H,3-4,10-11,13-15H2,1-2H3,(H,25,31,33)/t18-,19+,24-/m0/s1. The van der Waals surface area contributed by atoms with Crippen LogP contribution in [0.25, 0.3) is 0 Å². The SMILES string of the molecule is CCCN(CCC)S(=O)(=O)c1ccc(C(=O)OCC(=O)[C@]2(n3ccc(=O)[nH]c3=O)C[C@H](O)[C@@H](CO)O2)cc1. The predicted octanol–water partition coefficient (Wildman–Crippen LogP) is -0.432. The van der Waals surface area contributed by atoms with E-state index in [-0.39, 0.29) is 10.5 Å². The Morgan fingerprint density at radius 2 is 1.79 bits per heavy atom. The molecule has 1 aromatic heterocycles. The Labute approximate surface area is 218 Å². The summed E-state index contributed by atoms with van der Waals surface area (Å²) in [5, 5.41) is 19.7. The summed E-state index contributed by atoms with van der Waals surface area (Å²) in [6.45, 7) is 2.93. The lowest BCUT2D eigenvalue weighted by molar-refractivity contribution is -0.165. The molecule has 14 heteroatoms. The highest BCUT2D eigenvalue weighted by Gasteiger charge is 2.53. The zero-order valence-electron chi connectivity index (χ0n) is 21.0. The molecular formula is C24H31N3O10S. The number of nitrogens with zero attached hydrogens (tertiary/aromatic N) is 2. The topological polar surface area (TPSA) is 185 Å². The number of hydrogen-bond acceptors (Lipinski definition) is 10. The van der Waals surface area contributed by atoms with Crippen molar-refractivity contribution >= 4 is 21.8 Å². The molecule has 1 fully saturated rings. The maximum absolute atomic E-state index is 13.2. The molecule has 13 nitrogen and oxygen atoms in total. The van der Waals surface area contributed by atoms with Crippen molar-refractivity contribution in [1.29, 1.82) is 0 Å². The predicted molar refractivity (Wildman–Crippen MR) is 133 cm³/mol. The van der Waals surface area contributed by atoms with E-state index >= 15 is 0 Å². The number of benzene rings is 1. The number of ketones is 1. The van der Waals surface area contributed by atoms with Gasteiger partial charge in [-0.05, 0) is 37.1 Å². The Kier molecular flexibility index (Phi) is 9.38. The summed E-state index contributed by atoms with van der Waals surface area (Å²) in [6, 6.07) is 6.04. The largest absolute Gasteiger partial charge is 0.454 e. The van der Waals surface area contributed by atoms with E-state index in [0.29, 0.717) is 25.9 Å². The molecular weight excluding hydrogens is 522 g/mol. The number of Topliss-reactive ketones (excluding diaryl/α,β-unsaturated/α-hetero) is 1. The second kappa shape index (κ2) is 12.1. The second-order valence-corrected chi connectivity index (χ2v) is 10.7. The number of hydrogen-bond donors (Lipinski definition) is 3. The minimum absolute atomic E-state index is 0.00631. The average molecular weight is 554 g/mol. The van der Waals surface area contributed by atoms with Crippen molar-refractivity contribution in [3.05, 3.63) is 62.9 Å². The molecule has 2 aromatic rings. The quantitative estimate of drug-likeness (QED) is 0.291. The van der Waals surface area contributed by atoms with Crippen LogP contribution in [0.3, 0.4) is 0 Å². The fourth-order valence-electron chi connectivity index (χ4n) is 4.21. The van der Waals surface area contributed by atoms with Gasteiger partial charge in [-0.2, -0.15) is 4.31 Å². The number of sulfonamides is 1. The van der Waals surface area contributed by atoms with E-state index < -0.39 is 70.6 Å². The average Bonchev–Trinajstić information content (AvgIpc) is 3.24. The lowest BCUT2D eigenvalue weighted by atomic mass is 10.0. The van der Waals surface area contributed by atoms with E-state index in [4.69, 9.17) is 9.47 Å². The Morgan fingerprint density at radius 3 is 2.32 bits per heavy atom. The molecule has 3 rings (SSSR count). The molecule has 1 saturated heterocycles. The number of aliphatic hydroxyl groups is 2. The molecule has 0 radical (unpaired) electrons. The molecule has 38 heavy (non-hydrogen) atoms. The summed E-state index contributed by atoms with van der Waals surface area (Å²) in [5.74, 6) is -1.87. The van der Waals surface area contributed by atoms with Crippen LogP contribution in [0.1, 0.15) is 43.5 Å². The van der Waals surface area contributed by atoms with Gasteiger partial charge in [-0.25, -0.2) is 18.0 Å². The van der Waals surface area contributed by atoms with Gasteiger partial charge in [0.15, 0.2) is 6.61 Å². The molecule has 0 spiro atoms. The molecule has 1 aliphatic heterocycles. The third-order valence-corrected chi connectivity index (χ3v) is 8.01. The van der Waals surface area contributed by atoms with Gasteiger partial charge in [-0.1, -0.05) is 13.8 Å². The first-order chi connectivity index (χ1) is 18.0. The molecule has 2 heterocycles. The van der Waals surface area contributed by atoms with Crippen molar-refractivity contribution in [2.24, 2.45) is 0 Å². The van der Waals surface area contributed by atoms with Gasteiger partial charge in [0.2, 0.25) is 21.5 Å². The first-order valence-corrected chi connectivity index (χ1v) is 13.5. The van der Waals surface area contributed by atoms with E-state index in [9.17, 15) is 37.8 Å². The van der Waals surface area contributed by atoms with Gasteiger partial charge in [0.25, 0.3) is 5.56 Å². The lowest BCUT2D eigenvalue weighted by Gasteiger charge is -2.29. The monoisotopic (exact) mass is 553 g/mol. The molecule has 1 aromatic carbocycles. The van der Waals surface area contributed by atoms with Gasteiger partial charge in [-0.3, -0.25) is 19.1 Å². The van der Waals surface area contributed by atoms with Gasteiger partial charge in [0.05, 0.1) is 23.2 Å².